The summed E-state index contributed by atoms with van der Waals surface area (Å²) in [7, 11) is 0. The molecule has 0 saturated heterocycles. The predicted octanol–water partition coefficient (Wildman–Crippen LogP) is 7.76. The number of hydrogen-bond donors (Lipinski definition) is 2. The van der Waals surface area contributed by atoms with Crippen LogP contribution in [0.1, 0.15) is 142 Å². The molecule has 1 saturated carbocycles. The van der Waals surface area contributed by atoms with Crippen molar-refractivity contribution in [2.45, 2.75) is 154 Å². The first-order chi connectivity index (χ1) is 13.9. The molecule has 2 nitrogen and oxygen atoms in total. The highest BCUT2D eigenvalue weighted by Crippen LogP contribution is 2.19. The molecule has 1 rings (SSSR count). The van der Waals surface area contributed by atoms with Gasteiger partial charge in [0.15, 0.2) is 0 Å². The van der Waals surface area contributed by atoms with Gasteiger partial charge in [-0.3, -0.25) is 0 Å². The van der Waals surface area contributed by atoms with Crippen LogP contribution >= 0.6 is 0 Å². The lowest BCUT2D eigenvalue weighted by Gasteiger charge is -2.33. The lowest BCUT2D eigenvalue weighted by molar-refractivity contribution is 0.281. The zero-order chi connectivity index (χ0) is 20.1. The van der Waals surface area contributed by atoms with Gasteiger partial charge in [-0.1, -0.05) is 117 Å². The van der Waals surface area contributed by atoms with Gasteiger partial charge in [-0.25, -0.2) is 0 Å². The first kappa shape index (κ1) is 26.0. The van der Waals surface area contributed by atoms with Crippen LogP contribution in [0.4, 0.5) is 0 Å². The second-order valence-corrected chi connectivity index (χ2v) is 9.36. The van der Waals surface area contributed by atoms with Crippen LogP contribution < -0.4 is 10.6 Å². The Morgan fingerprint density at radius 2 is 0.786 bits per heavy atom. The Balaban J connectivity index is 1.96. The normalized spacial score (nSPS) is 19.9. The molecule has 1 fully saturated rings. The van der Waals surface area contributed by atoms with Crippen molar-refractivity contribution >= 4 is 0 Å². The molecule has 0 spiro atoms. The molecule has 0 radical (unpaired) electrons. The molecule has 0 aliphatic heterocycles. The summed E-state index contributed by atoms with van der Waals surface area (Å²) in [5.74, 6) is 0. The van der Waals surface area contributed by atoms with Crippen molar-refractivity contribution < 1.29 is 0 Å². The summed E-state index contributed by atoms with van der Waals surface area (Å²) in [4.78, 5) is 0. The molecule has 1 aliphatic carbocycles. The summed E-state index contributed by atoms with van der Waals surface area (Å²) < 4.78 is 0. The first-order valence-corrected chi connectivity index (χ1v) is 13.3. The molecule has 0 heterocycles. The fourth-order valence-corrected chi connectivity index (χ4v) is 4.71. The van der Waals surface area contributed by atoms with Crippen LogP contribution in [0.25, 0.3) is 0 Å². The van der Waals surface area contributed by atoms with E-state index in [4.69, 9.17) is 0 Å². The van der Waals surface area contributed by atoms with E-state index in [-0.39, 0.29) is 0 Å². The topological polar surface area (TPSA) is 24.1 Å². The van der Waals surface area contributed by atoms with Crippen molar-refractivity contribution in [2.24, 2.45) is 0 Å². The van der Waals surface area contributed by atoms with Crippen LogP contribution in [0.2, 0.25) is 0 Å². The van der Waals surface area contributed by atoms with E-state index >= 15 is 0 Å². The molecular weight excluding hydrogens is 340 g/mol. The van der Waals surface area contributed by atoms with Gasteiger partial charge >= 0.3 is 0 Å². The van der Waals surface area contributed by atoms with Crippen molar-refractivity contribution in [1.82, 2.24) is 10.6 Å². The molecule has 0 aromatic carbocycles. The Morgan fingerprint density at radius 3 is 1.14 bits per heavy atom. The van der Waals surface area contributed by atoms with Gasteiger partial charge in [-0.05, 0) is 38.8 Å². The molecule has 2 atom stereocenters. The summed E-state index contributed by atoms with van der Waals surface area (Å²) in [5, 5.41) is 7.80. The van der Waals surface area contributed by atoms with Gasteiger partial charge < -0.3 is 10.6 Å². The van der Waals surface area contributed by atoms with Crippen molar-refractivity contribution in [2.75, 3.05) is 13.1 Å². The summed E-state index contributed by atoms with van der Waals surface area (Å²) in [6, 6.07) is 1.46. The highest BCUT2D eigenvalue weighted by Gasteiger charge is 2.23. The highest BCUT2D eigenvalue weighted by molar-refractivity contribution is 4.86. The van der Waals surface area contributed by atoms with E-state index < -0.39 is 0 Å². The van der Waals surface area contributed by atoms with Crippen LogP contribution in [-0.4, -0.2) is 25.2 Å². The molecular formula is C26H54N2. The molecule has 168 valence electrons. The van der Waals surface area contributed by atoms with Crippen LogP contribution in [0.5, 0.6) is 0 Å². The van der Waals surface area contributed by atoms with Crippen molar-refractivity contribution in [1.29, 1.82) is 0 Å². The number of unbranched alkanes of at least 4 members (excludes halogenated alkanes) is 14. The van der Waals surface area contributed by atoms with E-state index in [0.717, 1.165) is 12.1 Å². The average Bonchev–Trinajstić information content (AvgIpc) is 2.72. The van der Waals surface area contributed by atoms with Crippen LogP contribution in [-0.2, 0) is 0 Å². The van der Waals surface area contributed by atoms with E-state index in [1.165, 1.54) is 142 Å². The van der Waals surface area contributed by atoms with Crippen LogP contribution in [0.15, 0.2) is 0 Å². The van der Waals surface area contributed by atoms with Crippen molar-refractivity contribution in [3.05, 3.63) is 0 Å². The predicted molar refractivity (Wildman–Crippen MR) is 127 cm³/mol. The Kier molecular flexibility index (Phi) is 18.7. The zero-order valence-electron chi connectivity index (χ0n) is 19.7. The first-order valence-electron chi connectivity index (χ1n) is 13.3. The Bertz CT molecular complexity index is 275. The summed E-state index contributed by atoms with van der Waals surface area (Å²) >= 11 is 0. The second kappa shape index (κ2) is 20.2. The standard InChI is InChI=1S/C26H54N2/c1-3-5-7-9-11-13-15-19-23-27-25-21-17-18-22-26(25)28-24-20-16-14-12-10-8-6-4-2/h25-28H,3-24H2,1-2H3. The van der Waals surface area contributed by atoms with Crippen LogP contribution in [0.3, 0.4) is 0 Å². The fourth-order valence-electron chi connectivity index (χ4n) is 4.71. The smallest absolute Gasteiger partial charge is 0.0221 e. The quantitative estimate of drug-likeness (QED) is 0.206. The maximum atomic E-state index is 3.90. The van der Waals surface area contributed by atoms with E-state index in [9.17, 15) is 0 Å². The van der Waals surface area contributed by atoms with E-state index in [0.29, 0.717) is 0 Å². The Morgan fingerprint density at radius 1 is 0.464 bits per heavy atom. The number of rotatable bonds is 20. The third kappa shape index (κ3) is 14.9. The lowest BCUT2D eigenvalue weighted by Crippen LogP contribution is -2.50. The molecule has 0 aromatic rings. The average molecular weight is 395 g/mol. The SMILES string of the molecule is CCCCCCCCCCNC1CCCCC1NCCCCCCCCCC. The van der Waals surface area contributed by atoms with E-state index in [2.05, 4.69) is 24.5 Å². The molecule has 0 aromatic heterocycles. The van der Waals surface area contributed by atoms with Gasteiger partial charge in [0, 0.05) is 12.1 Å². The third-order valence-corrected chi connectivity index (χ3v) is 6.64. The maximum absolute atomic E-state index is 3.90. The molecule has 0 amide bonds. The maximum Gasteiger partial charge on any atom is 0.0221 e. The molecule has 1 aliphatic rings. The monoisotopic (exact) mass is 394 g/mol. The van der Waals surface area contributed by atoms with Gasteiger partial charge in [0.2, 0.25) is 0 Å². The third-order valence-electron chi connectivity index (χ3n) is 6.64. The summed E-state index contributed by atoms with van der Waals surface area (Å²) in [6.07, 6.45) is 28.3. The van der Waals surface area contributed by atoms with Gasteiger partial charge in [0.1, 0.15) is 0 Å². The lowest BCUT2D eigenvalue weighted by atomic mass is 9.90. The van der Waals surface area contributed by atoms with Crippen LogP contribution in [0, 0.1) is 0 Å². The minimum absolute atomic E-state index is 0.729. The molecule has 2 heteroatoms. The van der Waals surface area contributed by atoms with Crippen molar-refractivity contribution in [3.8, 4) is 0 Å². The van der Waals surface area contributed by atoms with Crippen molar-refractivity contribution in [3.63, 3.8) is 0 Å². The minimum atomic E-state index is 0.729. The number of nitrogens with one attached hydrogen (secondary N) is 2. The fraction of sp³-hybridized carbons (Fsp3) is 1.00. The van der Waals surface area contributed by atoms with Gasteiger partial charge in [0.25, 0.3) is 0 Å². The second-order valence-electron chi connectivity index (χ2n) is 9.36. The molecule has 2 unspecified atom stereocenters. The molecule has 28 heavy (non-hydrogen) atoms. The molecule has 2 N–H and O–H groups in total. The Hall–Kier alpha value is -0.0800. The van der Waals surface area contributed by atoms with Gasteiger partial charge in [-0.2, -0.15) is 0 Å². The van der Waals surface area contributed by atoms with E-state index in [1.54, 1.807) is 0 Å². The number of hydrogen-bond acceptors (Lipinski definition) is 2. The summed E-state index contributed by atoms with van der Waals surface area (Å²) in [5.41, 5.74) is 0. The molecule has 0 bridgehead atoms. The van der Waals surface area contributed by atoms with Gasteiger partial charge in [-0.15, -0.1) is 0 Å². The largest absolute Gasteiger partial charge is 0.312 e. The Labute approximate surface area is 178 Å². The van der Waals surface area contributed by atoms with E-state index in [1.807, 2.05) is 0 Å². The van der Waals surface area contributed by atoms with Gasteiger partial charge in [0.05, 0.1) is 0 Å². The zero-order valence-corrected chi connectivity index (χ0v) is 19.7. The summed E-state index contributed by atoms with van der Waals surface area (Å²) in [6.45, 7) is 7.06. The minimum Gasteiger partial charge on any atom is -0.312 e. The highest BCUT2D eigenvalue weighted by atomic mass is 15.0.